The molecule has 0 saturated carbocycles. The standard InChI is InChI=1S/C13H12FNO/c1-13(16,11-3-2-8-15-9-11)10-4-6-12(14)7-5-10/h2-9,16H,1H3/t13-/m1/s1. The summed E-state index contributed by atoms with van der Waals surface area (Å²) in [4.78, 5) is 3.96. The fraction of sp³-hybridized carbons (Fsp3) is 0.154. The SMILES string of the molecule is C[C@@](O)(c1ccc(F)cc1)c1cccnc1. The van der Waals surface area contributed by atoms with Gasteiger partial charge in [-0.25, -0.2) is 4.39 Å². The molecule has 3 heteroatoms. The van der Waals surface area contributed by atoms with E-state index in [0.29, 0.717) is 11.1 Å². The lowest BCUT2D eigenvalue weighted by Gasteiger charge is -2.23. The van der Waals surface area contributed by atoms with Gasteiger partial charge in [0.1, 0.15) is 11.4 Å². The average molecular weight is 217 g/mol. The van der Waals surface area contributed by atoms with Crippen molar-refractivity contribution < 1.29 is 9.50 Å². The topological polar surface area (TPSA) is 33.1 Å². The zero-order valence-electron chi connectivity index (χ0n) is 8.89. The maximum atomic E-state index is 12.8. The van der Waals surface area contributed by atoms with Crippen LogP contribution in [0.5, 0.6) is 0 Å². The van der Waals surface area contributed by atoms with Gasteiger partial charge in [0, 0.05) is 18.0 Å². The van der Waals surface area contributed by atoms with E-state index in [2.05, 4.69) is 4.98 Å². The highest BCUT2D eigenvalue weighted by Crippen LogP contribution is 2.28. The minimum atomic E-state index is -1.15. The Labute approximate surface area is 93.4 Å². The van der Waals surface area contributed by atoms with E-state index in [1.807, 2.05) is 0 Å². The Hall–Kier alpha value is -1.74. The Morgan fingerprint density at radius 1 is 1.12 bits per heavy atom. The van der Waals surface area contributed by atoms with Gasteiger partial charge in [-0.1, -0.05) is 18.2 Å². The average Bonchev–Trinajstić information content (AvgIpc) is 2.31. The van der Waals surface area contributed by atoms with Gasteiger partial charge in [-0.15, -0.1) is 0 Å². The Kier molecular flexibility index (Phi) is 2.71. The van der Waals surface area contributed by atoms with Crippen molar-refractivity contribution in [1.29, 1.82) is 0 Å². The van der Waals surface area contributed by atoms with E-state index >= 15 is 0 Å². The molecule has 2 rings (SSSR count). The van der Waals surface area contributed by atoms with Crippen LogP contribution in [0, 0.1) is 5.82 Å². The summed E-state index contributed by atoms with van der Waals surface area (Å²) < 4.78 is 12.8. The Balaban J connectivity index is 2.43. The van der Waals surface area contributed by atoms with E-state index in [0.717, 1.165) is 0 Å². The van der Waals surface area contributed by atoms with Crippen molar-refractivity contribution in [2.24, 2.45) is 0 Å². The zero-order valence-corrected chi connectivity index (χ0v) is 8.89. The van der Waals surface area contributed by atoms with Gasteiger partial charge in [0.2, 0.25) is 0 Å². The van der Waals surface area contributed by atoms with Crippen LogP contribution in [0.15, 0.2) is 48.8 Å². The van der Waals surface area contributed by atoms with Crippen LogP contribution in [-0.4, -0.2) is 10.1 Å². The van der Waals surface area contributed by atoms with Gasteiger partial charge < -0.3 is 5.11 Å². The lowest BCUT2D eigenvalue weighted by Crippen LogP contribution is -2.22. The summed E-state index contributed by atoms with van der Waals surface area (Å²) in [5.74, 6) is -0.314. The number of hydrogen-bond acceptors (Lipinski definition) is 2. The minimum absolute atomic E-state index is 0.314. The highest BCUT2D eigenvalue weighted by molar-refractivity contribution is 5.33. The Bertz CT molecular complexity index is 465. The molecule has 2 aromatic rings. The molecule has 0 aliphatic rings. The Morgan fingerprint density at radius 2 is 1.81 bits per heavy atom. The highest BCUT2D eigenvalue weighted by Gasteiger charge is 2.25. The molecule has 1 aromatic carbocycles. The van der Waals surface area contributed by atoms with Crippen LogP contribution in [-0.2, 0) is 5.60 Å². The van der Waals surface area contributed by atoms with Crippen molar-refractivity contribution in [3.63, 3.8) is 0 Å². The highest BCUT2D eigenvalue weighted by atomic mass is 19.1. The van der Waals surface area contributed by atoms with E-state index < -0.39 is 5.60 Å². The fourth-order valence-electron chi connectivity index (χ4n) is 1.59. The molecule has 1 N–H and O–H groups in total. The van der Waals surface area contributed by atoms with Crippen LogP contribution in [0.3, 0.4) is 0 Å². The normalized spacial score (nSPS) is 14.4. The van der Waals surface area contributed by atoms with Crippen molar-refractivity contribution in [3.05, 3.63) is 65.7 Å². The molecule has 0 aliphatic carbocycles. The van der Waals surface area contributed by atoms with Gasteiger partial charge in [-0.05, 0) is 30.7 Å². The Morgan fingerprint density at radius 3 is 2.38 bits per heavy atom. The number of aliphatic hydroxyl groups is 1. The molecule has 0 unspecified atom stereocenters. The molecule has 0 aliphatic heterocycles. The molecule has 0 spiro atoms. The first-order chi connectivity index (χ1) is 7.60. The first-order valence-corrected chi connectivity index (χ1v) is 4.99. The van der Waals surface area contributed by atoms with Crippen LogP contribution in [0.25, 0.3) is 0 Å². The number of aromatic nitrogens is 1. The molecule has 0 fully saturated rings. The summed E-state index contributed by atoms with van der Waals surface area (Å²) in [5.41, 5.74) is 0.172. The second-order valence-corrected chi connectivity index (χ2v) is 3.82. The van der Waals surface area contributed by atoms with Crippen molar-refractivity contribution in [3.8, 4) is 0 Å². The van der Waals surface area contributed by atoms with E-state index in [1.54, 1.807) is 43.6 Å². The largest absolute Gasteiger partial charge is 0.381 e. The lowest BCUT2D eigenvalue weighted by molar-refractivity contribution is 0.102. The molecule has 0 saturated heterocycles. The lowest BCUT2D eigenvalue weighted by atomic mass is 9.89. The number of benzene rings is 1. The summed E-state index contributed by atoms with van der Waals surface area (Å²) in [5, 5.41) is 10.4. The van der Waals surface area contributed by atoms with Crippen LogP contribution >= 0.6 is 0 Å². The summed E-state index contributed by atoms with van der Waals surface area (Å²) >= 11 is 0. The molecule has 2 nitrogen and oxygen atoms in total. The van der Waals surface area contributed by atoms with Crippen LogP contribution in [0.2, 0.25) is 0 Å². The van der Waals surface area contributed by atoms with Gasteiger partial charge in [-0.2, -0.15) is 0 Å². The van der Waals surface area contributed by atoms with Crippen LogP contribution < -0.4 is 0 Å². The number of pyridine rings is 1. The first-order valence-electron chi connectivity index (χ1n) is 4.99. The van der Waals surface area contributed by atoms with E-state index in [4.69, 9.17) is 0 Å². The van der Waals surface area contributed by atoms with Crippen molar-refractivity contribution in [1.82, 2.24) is 4.98 Å². The van der Waals surface area contributed by atoms with Gasteiger partial charge in [0.25, 0.3) is 0 Å². The predicted octanol–water partition coefficient (Wildman–Crippen LogP) is 2.48. The summed E-state index contributed by atoms with van der Waals surface area (Å²) in [7, 11) is 0. The molecular formula is C13H12FNO. The van der Waals surface area contributed by atoms with E-state index in [1.165, 1.54) is 12.1 Å². The second kappa shape index (κ2) is 4.02. The number of halogens is 1. The monoisotopic (exact) mass is 217 g/mol. The number of hydrogen-bond donors (Lipinski definition) is 1. The fourth-order valence-corrected chi connectivity index (χ4v) is 1.59. The van der Waals surface area contributed by atoms with Gasteiger partial charge >= 0.3 is 0 Å². The molecule has 1 aromatic heterocycles. The third-order valence-electron chi connectivity index (χ3n) is 2.63. The quantitative estimate of drug-likeness (QED) is 0.838. The molecular weight excluding hydrogens is 205 g/mol. The van der Waals surface area contributed by atoms with E-state index in [9.17, 15) is 9.50 Å². The first kappa shape index (κ1) is 10.8. The maximum absolute atomic E-state index is 12.8. The van der Waals surface area contributed by atoms with Crippen LogP contribution in [0.4, 0.5) is 4.39 Å². The van der Waals surface area contributed by atoms with Gasteiger partial charge in [0.05, 0.1) is 0 Å². The molecule has 82 valence electrons. The number of nitrogens with zero attached hydrogens (tertiary/aromatic N) is 1. The number of rotatable bonds is 2. The molecule has 16 heavy (non-hydrogen) atoms. The molecule has 1 atom stereocenters. The third kappa shape index (κ3) is 1.95. The third-order valence-corrected chi connectivity index (χ3v) is 2.63. The molecule has 0 bridgehead atoms. The van der Waals surface area contributed by atoms with Crippen molar-refractivity contribution >= 4 is 0 Å². The summed E-state index contributed by atoms with van der Waals surface area (Å²) in [6.45, 7) is 1.66. The van der Waals surface area contributed by atoms with Gasteiger partial charge in [-0.3, -0.25) is 4.98 Å². The van der Waals surface area contributed by atoms with E-state index in [-0.39, 0.29) is 5.82 Å². The minimum Gasteiger partial charge on any atom is -0.381 e. The van der Waals surface area contributed by atoms with Gasteiger partial charge in [0.15, 0.2) is 0 Å². The van der Waals surface area contributed by atoms with Crippen molar-refractivity contribution in [2.75, 3.05) is 0 Å². The predicted molar refractivity (Wildman–Crippen MR) is 59.3 cm³/mol. The zero-order chi connectivity index (χ0) is 11.6. The summed E-state index contributed by atoms with van der Waals surface area (Å²) in [6, 6.07) is 9.36. The smallest absolute Gasteiger partial charge is 0.123 e. The molecule has 1 heterocycles. The second-order valence-electron chi connectivity index (χ2n) is 3.82. The van der Waals surface area contributed by atoms with Crippen LogP contribution in [0.1, 0.15) is 18.1 Å². The maximum Gasteiger partial charge on any atom is 0.123 e. The molecule has 0 amide bonds. The van der Waals surface area contributed by atoms with Crippen molar-refractivity contribution in [2.45, 2.75) is 12.5 Å². The summed E-state index contributed by atoms with van der Waals surface area (Å²) in [6.07, 6.45) is 3.24. The molecule has 0 radical (unpaired) electrons.